The van der Waals surface area contributed by atoms with Crippen molar-refractivity contribution < 1.29 is 4.74 Å². The lowest BCUT2D eigenvalue weighted by Gasteiger charge is -2.32. The third-order valence-corrected chi connectivity index (χ3v) is 7.00. The van der Waals surface area contributed by atoms with Crippen LogP contribution < -0.4 is 4.74 Å². The molecule has 1 N–H and O–H groups in total. The molecule has 9 nitrogen and oxygen atoms in total. The zero-order valence-electron chi connectivity index (χ0n) is 21.8. The standard InChI is InChI=1S/C26H34N8O/c1-14(2)34-12-23-19(16(4)30-32(23)7)9-10-21-20-11-22(27-18(6)25(20)29-28-21)24-17(5)31-33(8)26(24)35-13-15(34)3/h9-11,14-15H,12-13H2,1-8H3,(H,28,29)/b10-9+. The van der Waals surface area contributed by atoms with Gasteiger partial charge in [-0.05, 0) is 59.8 Å². The number of pyridine rings is 1. The van der Waals surface area contributed by atoms with E-state index in [4.69, 9.17) is 14.8 Å². The van der Waals surface area contributed by atoms with Crippen molar-refractivity contribution in [3.63, 3.8) is 0 Å². The van der Waals surface area contributed by atoms with E-state index in [2.05, 4.69) is 66.1 Å². The summed E-state index contributed by atoms with van der Waals surface area (Å²) in [5.74, 6) is 0.733. The van der Waals surface area contributed by atoms with Crippen molar-refractivity contribution in [3.8, 4) is 17.1 Å². The van der Waals surface area contributed by atoms with Crippen LogP contribution in [0.25, 0.3) is 34.3 Å². The van der Waals surface area contributed by atoms with Crippen molar-refractivity contribution in [3.05, 3.63) is 40.1 Å². The number of ether oxygens (including phenoxy) is 1. The van der Waals surface area contributed by atoms with Gasteiger partial charge in [-0.2, -0.15) is 15.3 Å². The van der Waals surface area contributed by atoms with Gasteiger partial charge in [-0.25, -0.2) is 4.68 Å². The van der Waals surface area contributed by atoms with Gasteiger partial charge in [-0.1, -0.05) is 0 Å². The monoisotopic (exact) mass is 474 g/mol. The highest BCUT2D eigenvalue weighted by molar-refractivity contribution is 5.93. The molecular formula is C26H34N8O. The quantitative estimate of drug-likeness (QED) is 0.445. The third kappa shape index (κ3) is 3.93. The molecule has 1 aliphatic rings. The maximum Gasteiger partial charge on any atom is 0.221 e. The second-order valence-corrected chi connectivity index (χ2v) is 9.84. The van der Waals surface area contributed by atoms with Gasteiger partial charge in [0.15, 0.2) is 0 Å². The van der Waals surface area contributed by atoms with Gasteiger partial charge in [0.25, 0.3) is 0 Å². The minimum atomic E-state index is 0.171. The molecule has 9 heteroatoms. The molecular weight excluding hydrogens is 440 g/mol. The van der Waals surface area contributed by atoms with Gasteiger partial charge in [-0.3, -0.25) is 19.7 Å². The molecule has 4 aromatic heterocycles. The number of nitrogens with zero attached hydrogens (tertiary/aromatic N) is 7. The topological polar surface area (TPSA) is 89.7 Å². The molecule has 0 saturated heterocycles. The van der Waals surface area contributed by atoms with Gasteiger partial charge in [0.2, 0.25) is 5.88 Å². The van der Waals surface area contributed by atoms with E-state index in [0.29, 0.717) is 12.6 Å². The molecule has 184 valence electrons. The van der Waals surface area contributed by atoms with E-state index in [1.165, 1.54) is 5.69 Å². The Morgan fingerprint density at radius 2 is 1.77 bits per heavy atom. The minimum absolute atomic E-state index is 0.171. The number of aryl methyl sites for hydroxylation is 5. The summed E-state index contributed by atoms with van der Waals surface area (Å²) >= 11 is 0. The molecule has 0 aliphatic carbocycles. The largest absolute Gasteiger partial charge is 0.476 e. The zero-order chi connectivity index (χ0) is 25.0. The summed E-state index contributed by atoms with van der Waals surface area (Å²) in [5.41, 5.74) is 8.64. The van der Waals surface area contributed by atoms with E-state index in [1.807, 2.05) is 37.3 Å². The molecule has 35 heavy (non-hydrogen) atoms. The van der Waals surface area contributed by atoms with Gasteiger partial charge < -0.3 is 4.74 Å². The first kappa shape index (κ1) is 23.3. The average Bonchev–Trinajstić information content (AvgIpc) is 3.40. The maximum absolute atomic E-state index is 6.48. The average molecular weight is 475 g/mol. The molecule has 0 fully saturated rings. The van der Waals surface area contributed by atoms with Crippen LogP contribution in [-0.2, 0) is 20.6 Å². The first-order valence-electron chi connectivity index (χ1n) is 12.1. The molecule has 5 heterocycles. The molecule has 1 aliphatic heterocycles. The van der Waals surface area contributed by atoms with Crippen molar-refractivity contribution >= 4 is 23.1 Å². The molecule has 0 saturated carbocycles. The van der Waals surface area contributed by atoms with Crippen LogP contribution in [-0.4, -0.2) is 58.3 Å². The fraction of sp³-hybridized carbons (Fsp3) is 0.462. The van der Waals surface area contributed by atoms with Crippen molar-refractivity contribution in [2.24, 2.45) is 14.1 Å². The highest BCUT2D eigenvalue weighted by Crippen LogP contribution is 2.35. The number of aromatic nitrogens is 7. The molecule has 1 unspecified atom stereocenters. The predicted octanol–water partition coefficient (Wildman–Crippen LogP) is 4.18. The Morgan fingerprint density at radius 3 is 2.51 bits per heavy atom. The van der Waals surface area contributed by atoms with Gasteiger partial charge >= 0.3 is 0 Å². The Hall–Kier alpha value is -3.46. The number of aromatic amines is 1. The number of hydrogen-bond acceptors (Lipinski definition) is 6. The second kappa shape index (κ2) is 8.64. The SMILES string of the molecule is Cc1nn(C)c2c1/C=C/c1[nH]nc3c(C)nc(cc13)-c1c(C)nn(C)c1OCC(C)N(C(C)C)C2. The van der Waals surface area contributed by atoms with Crippen LogP contribution in [0, 0.1) is 20.8 Å². The Balaban J connectivity index is 1.75. The molecule has 0 spiro atoms. The first-order chi connectivity index (χ1) is 16.7. The van der Waals surface area contributed by atoms with E-state index in [0.717, 1.165) is 62.9 Å². The second-order valence-electron chi connectivity index (χ2n) is 9.84. The molecule has 4 aromatic rings. The summed E-state index contributed by atoms with van der Waals surface area (Å²) in [6.07, 6.45) is 4.25. The Kier molecular flexibility index (Phi) is 5.75. The first-order valence-corrected chi connectivity index (χ1v) is 12.1. The molecule has 0 radical (unpaired) electrons. The Morgan fingerprint density at radius 1 is 1.03 bits per heavy atom. The number of H-pyrrole nitrogens is 1. The van der Waals surface area contributed by atoms with E-state index < -0.39 is 0 Å². The van der Waals surface area contributed by atoms with Crippen LogP contribution in [0.3, 0.4) is 0 Å². The highest BCUT2D eigenvalue weighted by Gasteiger charge is 2.25. The van der Waals surface area contributed by atoms with Crippen molar-refractivity contribution in [1.29, 1.82) is 0 Å². The fourth-order valence-electron chi connectivity index (χ4n) is 5.15. The van der Waals surface area contributed by atoms with E-state index in [1.54, 1.807) is 0 Å². The van der Waals surface area contributed by atoms with Crippen LogP contribution >= 0.6 is 0 Å². The lowest BCUT2D eigenvalue weighted by Crippen LogP contribution is -2.42. The minimum Gasteiger partial charge on any atom is -0.476 e. The summed E-state index contributed by atoms with van der Waals surface area (Å²) in [4.78, 5) is 7.34. The summed E-state index contributed by atoms with van der Waals surface area (Å²) in [5, 5.41) is 18.2. The number of rotatable bonds is 1. The molecule has 2 bridgehead atoms. The predicted molar refractivity (Wildman–Crippen MR) is 138 cm³/mol. The third-order valence-electron chi connectivity index (χ3n) is 7.00. The van der Waals surface area contributed by atoms with Crippen LogP contribution in [0.1, 0.15) is 54.8 Å². The smallest absolute Gasteiger partial charge is 0.221 e. The highest BCUT2D eigenvalue weighted by atomic mass is 16.5. The van der Waals surface area contributed by atoms with Gasteiger partial charge in [0.05, 0.1) is 39.7 Å². The van der Waals surface area contributed by atoms with E-state index in [-0.39, 0.29) is 6.04 Å². The van der Waals surface area contributed by atoms with Gasteiger partial charge in [0, 0.05) is 43.7 Å². The molecule has 5 rings (SSSR count). The molecule has 0 amide bonds. The van der Waals surface area contributed by atoms with Crippen molar-refractivity contribution in [1.82, 2.24) is 39.6 Å². The Bertz CT molecular complexity index is 1440. The van der Waals surface area contributed by atoms with Gasteiger partial charge in [0.1, 0.15) is 12.1 Å². The number of fused-ring (bicyclic) bond motifs is 4. The Labute approximate surface area is 205 Å². The van der Waals surface area contributed by atoms with Crippen LogP contribution in [0.15, 0.2) is 6.07 Å². The molecule has 0 aromatic carbocycles. The summed E-state index contributed by atoms with van der Waals surface area (Å²) in [6.45, 7) is 14.0. The van der Waals surface area contributed by atoms with Crippen LogP contribution in [0.4, 0.5) is 0 Å². The van der Waals surface area contributed by atoms with Crippen LogP contribution in [0.2, 0.25) is 0 Å². The van der Waals surface area contributed by atoms with Crippen LogP contribution in [0.5, 0.6) is 5.88 Å². The fourth-order valence-corrected chi connectivity index (χ4v) is 5.15. The number of nitrogens with one attached hydrogen (secondary N) is 1. The summed E-state index contributed by atoms with van der Waals surface area (Å²) in [7, 11) is 3.94. The van der Waals surface area contributed by atoms with Crippen molar-refractivity contribution in [2.75, 3.05) is 6.61 Å². The van der Waals surface area contributed by atoms with Gasteiger partial charge in [-0.15, -0.1) is 0 Å². The lowest BCUT2D eigenvalue weighted by molar-refractivity contribution is 0.102. The van der Waals surface area contributed by atoms with Crippen molar-refractivity contribution in [2.45, 2.75) is 60.2 Å². The van der Waals surface area contributed by atoms with E-state index in [9.17, 15) is 0 Å². The molecule has 1 atom stereocenters. The number of hydrogen-bond donors (Lipinski definition) is 1. The summed E-state index contributed by atoms with van der Waals surface area (Å²) < 4.78 is 10.3. The van der Waals surface area contributed by atoms with E-state index >= 15 is 0 Å². The summed E-state index contributed by atoms with van der Waals surface area (Å²) in [6, 6.07) is 2.59. The maximum atomic E-state index is 6.48. The lowest BCUT2D eigenvalue weighted by atomic mass is 10.1. The zero-order valence-corrected chi connectivity index (χ0v) is 21.8. The normalized spacial score (nSPS) is 17.8.